The Morgan fingerprint density at radius 3 is 2.45 bits per heavy atom. The Bertz CT molecular complexity index is 846. The average Bonchev–Trinajstić information content (AvgIpc) is 2.99. The van der Waals surface area contributed by atoms with Gasteiger partial charge < -0.3 is 0 Å². The van der Waals surface area contributed by atoms with Crippen molar-refractivity contribution in [3.8, 4) is 0 Å². The van der Waals surface area contributed by atoms with Crippen molar-refractivity contribution in [3.05, 3.63) is 29.8 Å². The van der Waals surface area contributed by atoms with Crippen LogP contribution in [0.25, 0.3) is 0 Å². The highest BCUT2D eigenvalue weighted by atomic mass is 79.9. The molecule has 0 N–H and O–H groups in total. The van der Waals surface area contributed by atoms with E-state index in [4.69, 9.17) is 0 Å². The molecule has 3 aliphatic rings. The van der Waals surface area contributed by atoms with Gasteiger partial charge in [-0.3, -0.25) is 0 Å². The lowest BCUT2D eigenvalue weighted by Crippen LogP contribution is -2.52. The number of piperidine rings is 1. The SMILES string of the molecule is O=S1(=O)c2ccccc2CN1C1CC(Br)CCC1C1CCN(C(F)(F)CF)CC1. The van der Waals surface area contributed by atoms with Crippen molar-refractivity contribution >= 4 is 26.0 Å². The standard InChI is InChI=1S/C20H26BrF3N2O2S/c21-16-5-6-17(14-7-9-25(10-8-14)20(23,24)13-22)18(11-16)26-12-15-3-1-2-4-19(15)29(26,27)28/h1-4,14,16-18H,5-13H2. The molecule has 9 heteroatoms. The molecule has 162 valence electrons. The van der Waals surface area contributed by atoms with Crippen molar-refractivity contribution in [2.45, 2.75) is 60.5 Å². The molecule has 0 spiro atoms. The minimum Gasteiger partial charge on any atom is -0.243 e. The lowest BCUT2D eigenvalue weighted by molar-refractivity contribution is -0.170. The van der Waals surface area contributed by atoms with Gasteiger partial charge in [0, 0.05) is 30.5 Å². The second-order valence-corrected chi connectivity index (χ2v) is 11.6. The van der Waals surface area contributed by atoms with Crippen LogP contribution < -0.4 is 0 Å². The van der Waals surface area contributed by atoms with Gasteiger partial charge in [-0.25, -0.2) is 17.7 Å². The predicted octanol–water partition coefficient (Wildman–Crippen LogP) is 4.40. The first-order valence-corrected chi connectivity index (χ1v) is 12.5. The Morgan fingerprint density at radius 2 is 1.79 bits per heavy atom. The number of fused-ring (bicyclic) bond motifs is 1. The Morgan fingerprint density at radius 1 is 1.10 bits per heavy atom. The van der Waals surface area contributed by atoms with Gasteiger partial charge in [0.05, 0.1) is 4.90 Å². The molecular weight excluding hydrogens is 469 g/mol. The zero-order valence-corrected chi connectivity index (χ0v) is 18.5. The summed E-state index contributed by atoms with van der Waals surface area (Å²) in [7, 11) is -3.55. The minimum atomic E-state index is -3.55. The molecule has 3 unspecified atom stereocenters. The molecule has 4 nitrogen and oxygen atoms in total. The molecule has 29 heavy (non-hydrogen) atoms. The Balaban J connectivity index is 1.54. The molecule has 0 bridgehead atoms. The quantitative estimate of drug-likeness (QED) is 0.460. The van der Waals surface area contributed by atoms with E-state index in [1.54, 1.807) is 16.4 Å². The molecule has 0 amide bonds. The fourth-order valence-corrected chi connectivity index (χ4v) is 7.82. The van der Waals surface area contributed by atoms with Crippen LogP contribution in [-0.2, 0) is 16.6 Å². The van der Waals surface area contributed by atoms with E-state index in [9.17, 15) is 21.6 Å². The number of sulfonamides is 1. The van der Waals surface area contributed by atoms with Crippen LogP contribution in [0.5, 0.6) is 0 Å². The number of rotatable bonds is 4. The zero-order chi connectivity index (χ0) is 20.8. The van der Waals surface area contributed by atoms with Gasteiger partial charge in [0.25, 0.3) is 0 Å². The van der Waals surface area contributed by atoms with Gasteiger partial charge in [0.1, 0.15) is 0 Å². The highest BCUT2D eigenvalue weighted by molar-refractivity contribution is 9.09. The molecule has 4 rings (SSSR count). The van der Waals surface area contributed by atoms with Crippen LogP contribution in [0.4, 0.5) is 13.2 Å². The number of hydrogen-bond acceptors (Lipinski definition) is 3. The molecule has 1 saturated heterocycles. The van der Waals surface area contributed by atoms with Crippen LogP contribution >= 0.6 is 15.9 Å². The van der Waals surface area contributed by atoms with Crippen LogP contribution in [0.15, 0.2) is 29.2 Å². The summed E-state index contributed by atoms with van der Waals surface area (Å²) < 4.78 is 68.1. The van der Waals surface area contributed by atoms with Gasteiger partial charge in [-0.2, -0.15) is 13.1 Å². The summed E-state index contributed by atoms with van der Waals surface area (Å²) in [6, 6.07) is 3.55. The van der Waals surface area contributed by atoms with E-state index in [1.807, 2.05) is 12.1 Å². The maximum atomic E-state index is 13.7. The van der Waals surface area contributed by atoms with Crippen molar-refractivity contribution in [1.29, 1.82) is 0 Å². The number of hydrogen-bond donors (Lipinski definition) is 0. The third-order valence-electron chi connectivity index (χ3n) is 6.83. The van der Waals surface area contributed by atoms with E-state index in [-0.39, 0.29) is 35.8 Å². The molecule has 1 saturated carbocycles. The summed E-state index contributed by atoms with van der Waals surface area (Å²) in [6.07, 6.45) is 3.63. The molecule has 2 aliphatic heterocycles. The number of benzene rings is 1. The van der Waals surface area contributed by atoms with Gasteiger partial charge in [0.15, 0.2) is 6.67 Å². The Hall–Kier alpha value is -0.640. The monoisotopic (exact) mass is 494 g/mol. The highest BCUT2D eigenvalue weighted by Crippen LogP contribution is 2.45. The van der Waals surface area contributed by atoms with E-state index in [0.717, 1.165) is 29.7 Å². The topological polar surface area (TPSA) is 40.6 Å². The number of likely N-dealkylation sites (tertiary alicyclic amines) is 1. The van der Waals surface area contributed by atoms with Gasteiger partial charge >= 0.3 is 6.05 Å². The summed E-state index contributed by atoms with van der Waals surface area (Å²) in [5.41, 5.74) is 0.820. The first-order valence-electron chi connectivity index (χ1n) is 10.2. The van der Waals surface area contributed by atoms with Crippen molar-refractivity contribution in [2.75, 3.05) is 19.8 Å². The third kappa shape index (κ3) is 4.00. The fraction of sp³-hybridized carbons (Fsp3) is 0.700. The second-order valence-electron chi connectivity index (χ2n) is 8.42. The smallest absolute Gasteiger partial charge is 0.243 e. The summed E-state index contributed by atoms with van der Waals surface area (Å²) >= 11 is 3.67. The van der Waals surface area contributed by atoms with Crippen LogP contribution in [0, 0.1) is 11.8 Å². The Kier molecular flexibility index (Phi) is 6.05. The van der Waals surface area contributed by atoms with Crippen LogP contribution in [-0.4, -0.2) is 54.3 Å². The van der Waals surface area contributed by atoms with Crippen LogP contribution in [0.2, 0.25) is 0 Å². The van der Waals surface area contributed by atoms with Crippen LogP contribution in [0.3, 0.4) is 0 Å². The molecule has 0 radical (unpaired) electrons. The molecule has 2 fully saturated rings. The zero-order valence-electron chi connectivity index (χ0n) is 16.1. The molecule has 0 aromatic heterocycles. The van der Waals surface area contributed by atoms with Crippen molar-refractivity contribution in [3.63, 3.8) is 0 Å². The summed E-state index contributed by atoms with van der Waals surface area (Å²) in [4.78, 5) is 1.56. The lowest BCUT2D eigenvalue weighted by atomic mass is 9.72. The maximum Gasteiger partial charge on any atom is 0.332 e. The van der Waals surface area contributed by atoms with Crippen molar-refractivity contribution in [1.82, 2.24) is 9.21 Å². The van der Waals surface area contributed by atoms with Crippen molar-refractivity contribution < 1.29 is 21.6 Å². The normalized spacial score (nSPS) is 31.7. The van der Waals surface area contributed by atoms with E-state index < -0.39 is 22.7 Å². The minimum absolute atomic E-state index is 0.133. The first kappa shape index (κ1) is 21.6. The van der Waals surface area contributed by atoms with Crippen LogP contribution in [0.1, 0.15) is 37.7 Å². The van der Waals surface area contributed by atoms with Gasteiger partial charge in [0.2, 0.25) is 10.0 Å². The number of alkyl halides is 4. The molecule has 1 aromatic carbocycles. The van der Waals surface area contributed by atoms with E-state index in [2.05, 4.69) is 15.9 Å². The molecule has 3 atom stereocenters. The predicted molar refractivity (Wildman–Crippen MR) is 108 cm³/mol. The Labute approximate surface area is 178 Å². The third-order valence-corrected chi connectivity index (χ3v) is 9.63. The second kappa shape index (κ2) is 8.13. The van der Waals surface area contributed by atoms with Gasteiger partial charge in [-0.1, -0.05) is 34.1 Å². The van der Waals surface area contributed by atoms with E-state index >= 15 is 0 Å². The summed E-state index contributed by atoms with van der Waals surface area (Å²) in [5, 5.41) is 0. The highest BCUT2D eigenvalue weighted by Gasteiger charge is 2.47. The maximum absolute atomic E-state index is 13.7. The molecule has 2 heterocycles. The molecule has 1 aromatic rings. The lowest BCUT2D eigenvalue weighted by Gasteiger charge is -2.45. The molecule has 1 aliphatic carbocycles. The average molecular weight is 495 g/mol. The number of nitrogens with zero attached hydrogens (tertiary/aromatic N) is 2. The van der Waals surface area contributed by atoms with E-state index in [1.165, 1.54) is 0 Å². The fourth-order valence-electron chi connectivity index (χ4n) is 5.30. The van der Waals surface area contributed by atoms with Gasteiger partial charge in [-0.15, -0.1) is 0 Å². The number of halogens is 4. The van der Waals surface area contributed by atoms with Gasteiger partial charge in [-0.05, 0) is 55.6 Å². The van der Waals surface area contributed by atoms with E-state index in [0.29, 0.717) is 24.3 Å². The van der Waals surface area contributed by atoms with Crippen molar-refractivity contribution in [2.24, 2.45) is 11.8 Å². The first-order chi connectivity index (χ1) is 13.7. The largest absolute Gasteiger partial charge is 0.332 e. The molecular formula is C20H26BrF3N2O2S. The summed E-state index contributed by atoms with van der Waals surface area (Å²) in [6.45, 7) is -0.998. The summed E-state index contributed by atoms with van der Waals surface area (Å²) in [5.74, 6) is 0.305.